The Morgan fingerprint density at radius 1 is 1.30 bits per heavy atom. The third kappa shape index (κ3) is 1.91. The van der Waals surface area contributed by atoms with Crippen LogP contribution < -0.4 is 10.2 Å². The molecule has 0 saturated heterocycles. The maximum Gasteiger partial charge on any atom is 0.251 e. The van der Waals surface area contributed by atoms with Crippen LogP contribution in [0.1, 0.15) is 18.9 Å². The van der Waals surface area contributed by atoms with Crippen molar-refractivity contribution in [2.75, 3.05) is 11.4 Å². The van der Waals surface area contributed by atoms with E-state index in [1.54, 1.807) is 6.08 Å². The molecule has 0 bridgehead atoms. The molecule has 2 aliphatic heterocycles. The second-order valence-electron chi connectivity index (χ2n) is 6.26. The number of amides is 2. The average molecular weight is 306 g/mol. The Morgan fingerprint density at radius 2 is 2.13 bits per heavy atom. The summed E-state index contributed by atoms with van der Waals surface area (Å²) >= 11 is 0. The van der Waals surface area contributed by atoms with E-state index in [2.05, 4.69) is 29.6 Å². The Hall–Kier alpha value is -2.62. The summed E-state index contributed by atoms with van der Waals surface area (Å²) in [6.45, 7) is 2.12. The summed E-state index contributed by atoms with van der Waals surface area (Å²) in [4.78, 5) is 25.7. The summed E-state index contributed by atoms with van der Waals surface area (Å²) in [5, 5.41) is 2.89. The van der Waals surface area contributed by atoms with Gasteiger partial charge in [-0.05, 0) is 23.6 Å². The fourth-order valence-electron chi connectivity index (χ4n) is 4.08. The van der Waals surface area contributed by atoms with Gasteiger partial charge in [-0.2, -0.15) is 0 Å². The zero-order chi connectivity index (χ0) is 16.0. The molecule has 23 heavy (non-hydrogen) atoms. The van der Waals surface area contributed by atoms with Gasteiger partial charge in [0, 0.05) is 30.6 Å². The summed E-state index contributed by atoms with van der Waals surface area (Å²) in [6, 6.07) is 8.08. The van der Waals surface area contributed by atoms with Crippen molar-refractivity contribution in [3.05, 3.63) is 65.8 Å². The molecule has 2 heterocycles. The third-order valence-corrected chi connectivity index (χ3v) is 4.98. The molecule has 1 aliphatic carbocycles. The number of hydrogen-bond donors (Lipinski definition) is 1. The van der Waals surface area contributed by atoms with Crippen molar-refractivity contribution in [1.29, 1.82) is 0 Å². The lowest BCUT2D eigenvalue weighted by Gasteiger charge is -2.40. The molecule has 4 nitrogen and oxygen atoms in total. The molecule has 1 N–H and O–H groups in total. The van der Waals surface area contributed by atoms with Crippen molar-refractivity contribution in [2.45, 2.75) is 24.8 Å². The first kappa shape index (κ1) is 14.0. The Labute approximate surface area is 135 Å². The molecule has 4 rings (SSSR count). The smallest absolute Gasteiger partial charge is 0.251 e. The minimum absolute atomic E-state index is 0.0174. The van der Waals surface area contributed by atoms with Crippen molar-refractivity contribution in [2.24, 2.45) is 0 Å². The molecule has 1 aromatic rings. The molecular weight excluding hydrogens is 288 g/mol. The molecule has 0 spiro atoms. The molecular formula is C19H18N2O2. The van der Waals surface area contributed by atoms with Crippen molar-refractivity contribution in [1.82, 2.24) is 5.32 Å². The monoisotopic (exact) mass is 306 g/mol. The molecule has 4 heteroatoms. The number of rotatable bonds is 3. The number of para-hydroxylation sites is 1. The van der Waals surface area contributed by atoms with Crippen LogP contribution in [-0.2, 0) is 15.0 Å². The first-order chi connectivity index (χ1) is 11.1. The van der Waals surface area contributed by atoms with Gasteiger partial charge in [-0.3, -0.25) is 14.5 Å². The normalized spacial score (nSPS) is 26.7. The van der Waals surface area contributed by atoms with Crippen LogP contribution in [0, 0.1) is 0 Å². The fraction of sp³-hybridized carbons (Fsp3) is 0.263. The Kier molecular flexibility index (Phi) is 3.01. The lowest BCUT2D eigenvalue weighted by Crippen LogP contribution is -2.50. The molecule has 0 fully saturated rings. The van der Waals surface area contributed by atoms with Crippen LogP contribution in [0.25, 0.3) is 0 Å². The van der Waals surface area contributed by atoms with Gasteiger partial charge in [-0.25, -0.2) is 0 Å². The molecule has 116 valence electrons. The van der Waals surface area contributed by atoms with Gasteiger partial charge in [0.15, 0.2) is 0 Å². The maximum atomic E-state index is 12.5. The lowest BCUT2D eigenvalue weighted by molar-refractivity contribution is -0.119. The summed E-state index contributed by atoms with van der Waals surface area (Å²) in [5.74, 6) is -0.00369. The van der Waals surface area contributed by atoms with Crippen LogP contribution in [-0.4, -0.2) is 24.4 Å². The molecule has 0 radical (unpaired) electrons. The highest BCUT2D eigenvalue weighted by atomic mass is 16.2. The van der Waals surface area contributed by atoms with Crippen LogP contribution >= 0.6 is 0 Å². The number of nitrogens with zero attached hydrogens (tertiary/aromatic N) is 1. The number of allylic oxidation sites excluding steroid dienone is 2. The Bertz CT molecular complexity index is 790. The Morgan fingerprint density at radius 3 is 2.96 bits per heavy atom. The number of fused-ring (bicyclic) bond motifs is 3. The SMILES string of the molecule is CC(=O)NCC[C@]12C=CC=C3C=CC(=O)N(c4ccccc41)[C@@H]32. The van der Waals surface area contributed by atoms with E-state index in [0.717, 1.165) is 23.2 Å². The summed E-state index contributed by atoms with van der Waals surface area (Å²) in [7, 11) is 0. The number of benzene rings is 1. The quantitative estimate of drug-likeness (QED) is 0.931. The lowest BCUT2D eigenvalue weighted by atomic mass is 9.68. The van der Waals surface area contributed by atoms with E-state index < -0.39 is 0 Å². The number of anilines is 1. The van der Waals surface area contributed by atoms with Gasteiger partial charge in [-0.1, -0.05) is 42.5 Å². The predicted molar refractivity (Wildman–Crippen MR) is 89.1 cm³/mol. The van der Waals surface area contributed by atoms with E-state index in [1.165, 1.54) is 6.92 Å². The highest BCUT2D eigenvalue weighted by molar-refractivity contribution is 6.07. The van der Waals surface area contributed by atoms with Crippen molar-refractivity contribution >= 4 is 17.5 Å². The molecule has 0 saturated carbocycles. The van der Waals surface area contributed by atoms with Gasteiger partial charge in [-0.15, -0.1) is 0 Å². The van der Waals surface area contributed by atoms with Crippen molar-refractivity contribution in [3.8, 4) is 0 Å². The summed E-state index contributed by atoms with van der Waals surface area (Å²) < 4.78 is 0. The van der Waals surface area contributed by atoms with Crippen molar-refractivity contribution < 1.29 is 9.59 Å². The van der Waals surface area contributed by atoms with Crippen LogP contribution in [0.15, 0.2) is 60.2 Å². The molecule has 3 aliphatic rings. The number of hydrogen-bond acceptors (Lipinski definition) is 2. The van der Waals surface area contributed by atoms with Gasteiger partial charge in [0.25, 0.3) is 5.91 Å². The molecule has 2 atom stereocenters. The second-order valence-corrected chi connectivity index (χ2v) is 6.26. The maximum absolute atomic E-state index is 12.5. The first-order valence-corrected chi connectivity index (χ1v) is 7.88. The van der Waals surface area contributed by atoms with Crippen LogP contribution in [0.2, 0.25) is 0 Å². The van der Waals surface area contributed by atoms with Crippen molar-refractivity contribution in [3.63, 3.8) is 0 Å². The fourth-order valence-corrected chi connectivity index (χ4v) is 4.08. The highest BCUT2D eigenvalue weighted by Gasteiger charge is 2.53. The largest absolute Gasteiger partial charge is 0.356 e. The molecule has 0 unspecified atom stereocenters. The third-order valence-electron chi connectivity index (χ3n) is 4.98. The standard InChI is InChI=1S/C19H18N2O2/c1-13(22)20-12-11-19-10-4-5-14-8-9-17(23)21(18(14)19)16-7-3-2-6-15(16)19/h2-10,18H,11-12H2,1H3,(H,20,22)/t18-,19+/m0/s1. The zero-order valence-corrected chi connectivity index (χ0v) is 13.0. The van der Waals surface area contributed by atoms with Crippen LogP contribution in [0.3, 0.4) is 0 Å². The average Bonchev–Trinajstić information content (AvgIpc) is 2.84. The van der Waals surface area contributed by atoms with Gasteiger partial charge in [0.05, 0.1) is 6.04 Å². The van der Waals surface area contributed by atoms with Crippen LogP contribution in [0.4, 0.5) is 5.69 Å². The van der Waals surface area contributed by atoms with Gasteiger partial charge < -0.3 is 5.32 Å². The topological polar surface area (TPSA) is 49.4 Å². The van der Waals surface area contributed by atoms with E-state index in [9.17, 15) is 9.59 Å². The zero-order valence-electron chi connectivity index (χ0n) is 13.0. The number of carbonyl (C=O) groups is 2. The highest BCUT2D eigenvalue weighted by Crippen LogP contribution is 2.53. The van der Waals surface area contributed by atoms with E-state index in [4.69, 9.17) is 0 Å². The van der Waals surface area contributed by atoms with E-state index in [1.807, 2.05) is 29.2 Å². The minimum Gasteiger partial charge on any atom is -0.356 e. The molecule has 1 aromatic carbocycles. The number of nitrogens with one attached hydrogen (secondary N) is 1. The van der Waals surface area contributed by atoms with E-state index in [-0.39, 0.29) is 23.3 Å². The predicted octanol–water partition coefficient (Wildman–Crippen LogP) is 2.23. The Balaban J connectivity index is 1.84. The molecule has 2 amide bonds. The summed E-state index contributed by atoms with van der Waals surface area (Å²) in [6.07, 6.45) is 10.7. The van der Waals surface area contributed by atoms with Gasteiger partial charge >= 0.3 is 0 Å². The van der Waals surface area contributed by atoms with Crippen LogP contribution in [0.5, 0.6) is 0 Å². The van der Waals surface area contributed by atoms with E-state index >= 15 is 0 Å². The van der Waals surface area contributed by atoms with Gasteiger partial charge in [0.1, 0.15) is 0 Å². The molecule has 0 aromatic heterocycles. The van der Waals surface area contributed by atoms with Gasteiger partial charge in [0.2, 0.25) is 5.91 Å². The minimum atomic E-state index is -0.274. The second kappa shape index (κ2) is 4.95. The van der Waals surface area contributed by atoms with E-state index in [0.29, 0.717) is 6.54 Å². The summed E-state index contributed by atoms with van der Waals surface area (Å²) in [5.41, 5.74) is 3.01. The first-order valence-electron chi connectivity index (χ1n) is 7.88. The number of carbonyl (C=O) groups excluding carboxylic acids is 2.